The molecular formula is C23H27NO2. The van der Waals surface area contributed by atoms with Gasteiger partial charge in [0.2, 0.25) is 5.91 Å². The standard InChI is InChI=1S/C23H27NO2/c1-14-6-10-17(11-7-14)23-20-5-3-2-4-18(20)22(25)24(23)21-16-9-8-15(12-16)19(21)13-26-23/h6-11,15-16,18-21H,2-5,12-13H2,1H3/t15-,16+,18+,19-,20+,21+,23-/m0/s1. The number of aryl methyl sites for hydroxylation is 1. The lowest BCUT2D eigenvalue weighted by Gasteiger charge is -2.53. The molecule has 2 bridgehead atoms. The number of carbonyl (C=O) groups is 1. The Morgan fingerprint density at radius 2 is 1.85 bits per heavy atom. The van der Waals surface area contributed by atoms with Crippen molar-refractivity contribution in [2.75, 3.05) is 6.61 Å². The van der Waals surface area contributed by atoms with Gasteiger partial charge in [-0.15, -0.1) is 0 Å². The van der Waals surface area contributed by atoms with Gasteiger partial charge in [0.05, 0.1) is 6.61 Å². The van der Waals surface area contributed by atoms with Crippen LogP contribution in [0.5, 0.6) is 0 Å². The second-order valence-electron chi connectivity index (χ2n) is 9.18. The molecule has 2 saturated carbocycles. The molecule has 0 unspecified atom stereocenters. The van der Waals surface area contributed by atoms with Gasteiger partial charge in [0.1, 0.15) is 0 Å². The molecule has 26 heavy (non-hydrogen) atoms. The van der Waals surface area contributed by atoms with Crippen molar-refractivity contribution in [3.05, 3.63) is 47.5 Å². The molecule has 1 aromatic rings. The molecule has 4 fully saturated rings. The minimum atomic E-state index is -0.518. The van der Waals surface area contributed by atoms with Crippen LogP contribution in [0.1, 0.15) is 43.2 Å². The van der Waals surface area contributed by atoms with Gasteiger partial charge in [0.25, 0.3) is 0 Å². The van der Waals surface area contributed by atoms with E-state index in [1.54, 1.807) is 0 Å². The summed E-state index contributed by atoms with van der Waals surface area (Å²) in [5.41, 5.74) is 1.95. The molecule has 0 radical (unpaired) electrons. The Hall–Kier alpha value is -1.61. The van der Waals surface area contributed by atoms with E-state index < -0.39 is 5.72 Å². The highest BCUT2D eigenvalue weighted by molar-refractivity contribution is 5.84. The number of fused-ring (bicyclic) bond motifs is 9. The second kappa shape index (κ2) is 5.22. The summed E-state index contributed by atoms with van der Waals surface area (Å²) in [6, 6.07) is 9.14. The van der Waals surface area contributed by atoms with E-state index in [1.807, 2.05) is 0 Å². The number of rotatable bonds is 1. The Labute approximate surface area is 155 Å². The van der Waals surface area contributed by atoms with Gasteiger partial charge in [-0.25, -0.2) is 0 Å². The predicted octanol–water partition coefficient (Wildman–Crippen LogP) is 4.02. The van der Waals surface area contributed by atoms with Crippen LogP contribution < -0.4 is 0 Å². The summed E-state index contributed by atoms with van der Waals surface area (Å²) in [5, 5.41) is 0. The summed E-state index contributed by atoms with van der Waals surface area (Å²) in [5.74, 6) is 2.49. The lowest BCUT2D eigenvalue weighted by molar-refractivity contribution is -0.237. The fourth-order valence-electron chi connectivity index (χ4n) is 6.92. The average molecular weight is 349 g/mol. The van der Waals surface area contributed by atoms with Crippen LogP contribution in [0, 0.1) is 36.5 Å². The number of hydrogen-bond acceptors (Lipinski definition) is 2. The molecule has 1 amide bonds. The maximum absolute atomic E-state index is 13.7. The van der Waals surface area contributed by atoms with Gasteiger partial charge < -0.3 is 9.64 Å². The molecule has 2 heterocycles. The largest absolute Gasteiger partial charge is 0.350 e. The average Bonchev–Trinajstić information content (AvgIpc) is 3.35. The van der Waals surface area contributed by atoms with Gasteiger partial charge in [-0.05, 0) is 38.0 Å². The molecule has 136 valence electrons. The fourth-order valence-corrected chi connectivity index (χ4v) is 6.92. The van der Waals surface area contributed by atoms with E-state index in [2.05, 4.69) is 48.2 Å². The number of nitrogens with zero attached hydrogens (tertiary/aromatic N) is 1. The van der Waals surface area contributed by atoms with Crippen molar-refractivity contribution >= 4 is 5.91 Å². The van der Waals surface area contributed by atoms with E-state index in [9.17, 15) is 4.79 Å². The molecule has 1 aromatic carbocycles. The third kappa shape index (κ3) is 1.76. The summed E-state index contributed by atoms with van der Waals surface area (Å²) < 4.78 is 6.79. The van der Waals surface area contributed by atoms with Gasteiger partial charge in [0.15, 0.2) is 5.72 Å². The lowest BCUT2D eigenvalue weighted by Crippen LogP contribution is -2.61. The number of carbonyl (C=O) groups excluding carboxylic acids is 1. The zero-order chi connectivity index (χ0) is 17.5. The van der Waals surface area contributed by atoms with Crippen molar-refractivity contribution in [1.29, 1.82) is 0 Å². The Morgan fingerprint density at radius 3 is 2.69 bits per heavy atom. The SMILES string of the molecule is Cc1ccc([C@@]23OC[C@@H]4[C@@H]([C@@H]5C=C[C@H]4C5)N2C(=O)[C@@H]2CCCC[C@H]23)cc1. The zero-order valence-electron chi connectivity index (χ0n) is 15.4. The van der Waals surface area contributed by atoms with Gasteiger partial charge in [-0.3, -0.25) is 4.79 Å². The number of ether oxygens (including phenoxy) is 1. The summed E-state index contributed by atoms with van der Waals surface area (Å²) in [7, 11) is 0. The Balaban J connectivity index is 1.53. The molecular weight excluding hydrogens is 322 g/mol. The molecule has 2 aliphatic heterocycles. The highest BCUT2D eigenvalue weighted by Crippen LogP contribution is 2.61. The van der Waals surface area contributed by atoms with Gasteiger partial charge >= 0.3 is 0 Å². The molecule has 3 aliphatic carbocycles. The second-order valence-corrected chi connectivity index (χ2v) is 9.18. The highest BCUT2D eigenvalue weighted by atomic mass is 16.5. The first kappa shape index (κ1) is 15.4. The number of hydrogen-bond donors (Lipinski definition) is 0. The number of amides is 1. The third-order valence-corrected chi connectivity index (χ3v) is 8.02. The highest BCUT2D eigenvalue weighted by Gasteiger charge is 2.68. The van der Waals surface area contributed by atoms with Crippen molar-refractivity contribution in [1.82, 2.24) is 4.90 Å². The third-order valence-electron chi connectivity index (χ3n) is 8.02. The van der Waals surface area contributed by atoms with Crippen molar-refractivity contribution in [2.45, 2.75) is 50.8 Å². The zero-order valence-corrected chi connectivity index (χ0v) is 15.4. The minimum absolute atomic E-state index is 0.159. The van der Waals surface area contributed by atoms with Crippen LogP contribution in [0.4, 0.5) is 0 Å². The molecule has 0 N–H and O–H groups in total. The van der Waals surface area contributed by atoms with E-state index in [4.69, 9.17) is 4.74 Å². The lowest BCUT2D eigenvalue weighted by atomic mass is 9.73. The molecule has 2 saturated heterocycles. The monoisotopic (exact) mass is 349 g/mol. The predicted molar refractivity (Wildman–Crippen MR) is 99.1 cm³/mol. The summed E-state index contributed by atoms with van der Waals surface area (Å²) in [4.78, 5) is 15.9. The van der Waals surface area contributed by atoms with E-state index in [1.165, 1.54) is 30.4 Å². The van der Waals surface area contributed by atoms with Crippen molar-refractivity contribution < 1.29 is 9.53 Å². The maximum atomic E-state index is 13.7. The van der Waals surface area contributed by atoms with Crippen LogP contribution in [0.3, 0.4) is 0 Å². The first-order valence-corrected chi connectivity index (χ1v) is 10.4. The smallest absolute Gasteiger partial charge is 0.228 e. The first-order valence-electron chi connectivity index (χ1n) is 10.4. The molecule has 0 spiro atoms. The van der Waals surface area contributed by atoms with E-state index in [-0.39, 0.29) is 5.92 Å². The molecule has 7 atom stereocenters. The van der Waals surface area contributed by atoms with Gasteiger partial charge in [-0.2, -0.15) is 0 Å². The van der Waals surface area contributed by atoms with Crippen molar-refractivity contribution in [3.63, 3.8) is 0 Å². The molecule has 3 nitrogen and oxygen atoms in total. The first-order chi connectivity index (χ1) is 12.7. The van der Waals surface area contributed by atoms with Gasteiger partial charge in [0, 0.05) is 29.4 Å². The minimum Gasteiger partial charge on any atom is -0.350 e. The summed E-state index contributed by atoms with van der Waals surface area (Å²) >= 11 is 0. The molecule has 0 aromatic heterocycles. The van der Waals surface area contributed by atoms with Crippen LogP contribution >= 0.6 is 0 Å². The van der Waals surface area contributed by atoms with Crippen molar-refractivity contribution in [2.24, 2.45) is 29.6 Å². The Kier molecular flexibility index (Phi) is 3.10. The van der Waals surface area contributed by atoms with Crippen molar-refractivity contribution in [3.8, 4) is 0 Å². The van der Waals surface area contributed by atoms with E-state index in [0.29, 0.717) is 35.6 Å². The van der Waals surface area contributed by atoms with E-state index in [0.717, 1.165) is 19.4 Å². The fraction of sp³-hybridized carbons (Fsp3) is 0.609. The Bertz CT molecular complexity index is 784. The summed E-state index contributed by atoms with van der Waals surface area (Å²) in [6.45, 7) is 2.93. The molecule has 6 rings (SSSR count). The van der Waals surface area contributed by atoms with Crippen LogP contribution in [-0.4, -0.2) is 23.5 Å². The van der Waals surface area contributed by atoms with Crippen LogP contribution in [0.15, 0.2) is 36.4 Å². The quantitative estimate of drug-likeness (QED) is 0.717. The van der Waals surface area contributed by atoms with Crippen LogP contribution in [0.25, 0.3) is 0 Å². The molecule has 5 aliphatic rings. The van der Waals surface area contributed by atoms with E-state index >= 15 is 0 Å². The number of benzene rings is 1. The molecule has 3 heteroatoms. The summed E-state index contributed by atoms with van der Waals surface area (Å²) in [6.07, 6.45) is 10.5. The normalized spacial score (nSPS) is 45.6. The Morgan fingerprint density at radius 1 is 1.08 bits per heavy atom. The topological polar surface area (TPSA) is 29.5 Å². The maximum Gasteiger partial charge on any atom is 0.228 e. The number of allylic oxidation sites excluding steroid dienone is 1. The van der Waals surface area contributed by atoms with Gasteiger partial charge in [-0.1, -0.05) is 54.8 Å². The van der Waals surface area contributed by atoms with Crippen LogP contribution in [0.2, 0.25) is 0 Å². The van der Waals surface area contributed by atoms with Crippen LogP contribution in [-0.2, 0) is 15.3 Å².